The summed E-state index contributed by atoms with van der Waals surface area (Å²) in [5, 5.41) is 6.47. The van der Waals surface area contributed by atoms with Crippen LogP contribution in [0.4, 0.5) is 4.39 Å². The van der Waals surface area contributed by atoms with E-state index < -0.39 is 0 Å². The highest BCUT2D eigenvalue weighted by Gasteiger charge is 2.45. The molecule has 1 aromatic rings. The van der Waals surface area contributed by atoms with E-state index in [-0.39, 0.29) is 23.7 Å². The second-order valence-corrected chi connectivity index (χ2v) is 6.90. The molecule has 6 heteroatoms. The Labute approximate surface area is 148 Å². The Morgan fingerprint density at radius 2 is 1.96 bits per heavy atom. The summed E-state index contributed by atoms with van der Waals surface area (Å²) >= 11 is 0. The van der Waals surface area contributed by atoms with Gasteiger partial charge < -0.3 is 15.5 Å². The van der Waals surface area contributed by atoms with Crippen molar-refractivity contribution in [2.75, 3.05) is 32.7 Å². The molecular formula is C19H27FN4O. The number of carbonyl (C=O) groups is 1. The van der Waals surface area contributed by atoms with E-state index in [1.54, 1.807) is 6.07 Å². The molecule has 0 atom stereocenters. The van der Waals surface area contributed by atoms with E-state index in [0.717, 1.165) is 50.9 Å². The standard InChI is InChI=1S/C19H27FN4O/c1-2-21-18(22-13-17(25)24-11-5-6-12-24)23-14-19(9-10-19)15-7-3-4-8-16(15)20/h3-4,7-8H,2,5-6,9-14H2,1H3,(H2,21,22,23). The lowest BCUT2D eigenvalue weighted by molar-refractivity contribution is -0.128. The summed E-state index contributed by atoms with van der Waals surface area (Å²) in [5.41, 5.74) is 0.618. The Kier molecular flexibility index (Phi) is 5.56. The summed E-state index contributed by atoms with van der Waals surface area (Å²) in [6, 6.07) is 6.98. The van der Waals surface area contributed by atoms with Crippen molar-refractivity contribution in [3.8, 4) is 0 Å². The highest BCUT2D eigenvalue weighted by Crippen LogP contribution is 2.48. The summed E-state index contributed by atoms with van der Waals surface area (Å²) < 4.78 is 14.1. The molecule has 2 aliphatic rings. The molecule has 0 spiro atoms. The SMILES string of the molecule is CCNC(=NCC(=O)N1CCCC1)NCC1(c2ccccc2F)CC1. The van der Waals surface area contributed by atoms with Crippen LogP contribution in [-0.4, -0.2) is 49.5 Å². The molecule has 1 amide bonds. The Bertz CT molecular complexity index is 636. The van der Waals surface area contributed by atoms with Gasteiger partial charge in [0.15, 0.2) is 5.96 Å². The summed E-state index contributed by atoms with van der Waals surface area (Å²) in [5.74, 6) is 0.551. The number of carbonyl (C=O) groups excluding carboxylic acids is 1. The normalized spacial score (nSPS) is 19.0. The van der Waals surface area contributed by atoms with Crippen molar-refractivity contribution < 1.29 is 9.18 Å². The van der Waals surface area contributed by atoms with Crippen LogP contribution in [0.1, 0.15) is 38.2 Å². The zero-order valence-corrected chi connectivity index (χ0v) is 14.9. The fraction of sp³-hybridized carbons (Fsp3) is 0.579. The lowest BCUT2D eigenvalue weighted by Gasteiger charge is -2.20. The number of benzene rings is 1. The third kappa shape index (κ3) is 4.30. The molecule has 1 heterocycles. The predicted octanol–water partition coefficient (Wildman–Crippen LogP) is 2.03. The maximum Gasteiger partial charge on any atom is 0.244 e. The first-order valence-corrected chi connectivity index (χ1v) is 9.19. The molecule has 2 fully saturated rings. The van der Waals surface area contributed by atoms with E-state index in [1.165, 1.54) is 6.07 Å². The van der Waals surface area contributed by atoms with Crippen LogP contribution in [0, 0.1) is 5.82 Å². The summed E-state index contributed by atoms with van der Waals surface area (Å²) in [6.07, 6.45) is 4.10. The van der Waals surface area contributed by atoms with Gasteiger partial charge in [-0.05, 0) is 44.2 Å². The molecule has 1 aliphatic heterocycles. The molecule has 136 valence electrons. The molecule has 1 saturated heterocycles. The third-order valence-corrected chi connectivity index (χ3v) is 5.07. The van der Waals surface area contributed by atoms with Gasteiger partial charge in [-0.15, -0.1) is 0 Å². The first kappa shape index (κ1) is 17.7. The number of nitrogens with one attached hydrogen (secondary N) is 2. The third-order valence-electron chi connectivity index (χ3n) is 5.07. The van der Waals surface area contributed by atoms with Gasteiger partial charge in [0.1, 0.15) is 12.4 Å². The Morgan fingerprint density at radius 1 is 1.24 bits per heavy atom. The number of nitrogens with zero attached hydrogens (tertiary/aromatic N) is 2. The maximum absolute atomic E-state index is 14.1. The van der Waals surface area contributed by atoms with Crippen molar-refractivity contribution in [1.29, 1.82) is 0 Å². The van der Waals surface area contributed by atoms with Crippen LogP contribution < -0.4 is 10.6 Å². The molecule has 0 aromatic heterocycles. The van der Waals surface area contributed by atoms with Gasteiger partial charge in [-0.2, -0.15) is 0 Å². The van der Waals surface area contributed by atoms with Gasteiger partial charge >= 0.3 is 0 Å². The van der Waals surface area contributed by atoms with Gasteiger partial charge in [-0.25, -0.2) is 9.38 Å². The summed E-state index contributed by atoms with van der Waals surface area (Å²) in [6.45, 7) is 5.17. The zero-order chi connectivity index (χ0) is 17.7. The minimum atomic E-state index is -0.152. The van der Waals surface area contributed by atoms with E-state index in [0.29, 0.717) is 12.5 Å². The lowest BCUT2D eigenvalue weighted by Crippen LogP contribution is -2.42. The summed E-state index contributed by atoms with van der Waals surface area (Å²) in [7, 11) is 0. The fourth-order valence-electron chi connectivity index (χ4n) is 3.39. The first-order valence-electron chi connectivity index (χ1n) is 9.19. The van der Waals surface area contributed by atoms with Crippen LogP contribution in [0.5, 0.6) is 0 Å². The fourth-order valence-corrected chi connectivity index (χ4v) is 3.39. The van der Waals surface area contributed by atoms with E-state index >= 15 is 0 Å². The Hall–Kier alpha value is -2.11. The maximum atomic E-state index is 14.1. The molecule has 0 unspecified atom stereocenters. The van der Waals surface area contributed by atoms with Gasteiger partial charge in [0, 0.05) is 31.6 Å². The first-order chi connectivity index (χ1) is 12.1. The van der Waals surface area contributed by atoms with Gasteiger partial charge in [-0.1, -0.05) is 18.2 Å². The van der Waals surface area contributed by atoms with Crippen LogP contribution >= 0.6 is 0 Å². The molecule has 0 radical (unpaired) electrons. The number of likely N-dealkylation sites (tertiary alicyclic amines) is 1. The average molecular weight is 346 g/mol. The molecule has 5 nitrogen and oxygen atoms in total. The van der Waals surface area contributed by atoms with Gasteiger partial charge in [0.2, 0.25) is 5.91 Å². The van der Waals surface area contributed by atoms with E-state index in [9.17, 15) is 9.18 Å². The number of halogens is 1. The van der Waals surface area contributed by atoms with E-state index in [4.69, 9.17) is 0 Å². The second-order valence-electron chi connectivity index (χ2n) is 6.90. The smallest absolute Gasteiger partial charge is 0.244 e. The van der Waals surface area contributed by atoms with Crippen molar-refractivity contribution >= 4 is 11.9 Å². The van der Waals surface area contributed by atoms with E-state index in [2.05, 4.69) is 15.6 Å². The minimum Gasteiger partial charge on any atom is -0.357 e. The molecule has 1 saturated carbocycles. The van der Waals surface area contributed by atoms with Crippen molar-refractivity contribution in [2.45, 2.75) is 38.0 Å². The number of aliphatic imine (C=N–C) groups is 1. The number of hydrogen-bond acceptors (Lipinski definition) is 2. The van der Waals surface area contributed by atoms with Gasteiger partial charge in [0.05, 0.1) is 0 Å². The van der Waals surface area contributed by atoms with Crippen molar-refractivity contribution in [3.63, 3.8) is 0 Å². The van der Waals surface area contributed by atoms with Crippen molar-refractivity contribution in [1.82, 2.24) is 15.5 Å². The van der Waals surface area contributed by atoms with Crippen LogP contribution in [0.15, 0.2) is 29.3 Å². The monoisotopic (exact) mass is 346 g/mol. The Balaban J connectivity index is 1.59. The number of rotatable bonds is 6. The van der Waals surface area contributed by atoms with Gasteiger partial charge in [-0.3, -0.25) is 4.79 Å². The Morgan fingerprint density at radius 3 is 2.60 bits per heavy atom. The lowest BCUT2D eigenvalue weighted by atomic mass is 9.95. The molecular weight excluding hydrogens is 319 g/mol. The largest absolute Gasteiger partial charge is 0.357 e. The predicted molar refractivity (Wildman–Crippen MR) is 97.1 cm³/mol. The molecule has 2 N–H and O–H groups in total. The summed E-state index contributed by atoms with van der Waals surface area (Å²) in [4.78, 5) is 18.4. The molecule has 25 heavy (non-hydrogen) atoms. The van der Waals surface area contributed by atoms with Crippen molar-refractivity contribution in [3.05, 3.63) is 35.6 Å². The zero-order valence-electron chi connectivity index (χ0n) is 14.9. The van der Waals surface area contributed by atoms with E-state index in [1.807, 2.05) is 24.0 Å². The topological polar surface area (TPSA) is 56.7 Å². The van der Waals surface area contributed by atoms with Gasteiger partial charge in [0.25, 0.3) is 0 Å². The molecule has 0 bridgehead atoms. The average Bonchev–Trinajstić information content (AvgIpc) is 3.19. The van der Waals surface area contributed by atoms with Crippen LogP contribution in [0.2, 0.25) is 0 Å². The quantitative estimate of drug-likeness (QED) is 0.612. The van der Waals surface area contributed by atoms with Crippen LogP contribution in [0.25, 0.3) is 0 Å². The van der Waals surface area contributed by atoms with Crippen LogP contribution in [-0.2, 0) is 10.2 Å². The minimum absolute atomic E-state index is 0.0740. The molecule has 3 rings (SSSR count). The molecule has 1 aromatic carbocycles. The molecule has 1 aliphatic carbocycles. The number of amides is 1. The number of guanidine groups is 1. The highest BCUT2D eigenvalue weighted by atomic mass is 19.1. The highest BCUT2D eigenvalue weighted by molar-refractivity contribution is 5.85. The number of hydrogen-bond donors (Lipinski definition) is 2. The second kappa shape index (κ2) is 7.85. The van der Waals surface area contributed by atoms with Crippen LogP contribution in [0.3, 0.4) is 0 Å². The van der Waals surface area contributed by atoms with Crippen molar-refractivity contribution in [2.24, 2.45) is 4.99 Å².